The maximum Gasteiger partial charge on any atom is 0.0725 e. The van der Waals surface area contributed by atoms with Crippen LogP contribution < -0.4 is 0 Å². The molecule has 324 valence electrons. The molecule has 0 saturated carbocycles. The molecule has 0 radical (unpaired) electrons. The third-order valence-corrected chi connectivity index (χ3v) is 16.9. The fraction of sp³-hybridized carbons (Fsp3) is 0.0141. The molecular formula is C71H40. The Hall–Kier alpha value is -9.10. The Morgan fingerprint density at radius 2 is 0.676 bits per heavy atom. The number of rotatable bonds is 3. The highest BCUT2D eigenvalue weighted by Gasteiger charge is 2.52. The van der Waals surface area contributed by atoms with Crippen molar-refractivity contribution in [2.75, 3.05) is 0 Å². The molecule has 0 amide bonds. The summed E-state index contributed by atoms with van der Waals surface area (Å²) in [5.41, 5.74) is 28.7. The van der Waals surface area contributed by atoms with Crippen molar-refractivity contribution in [2.24, 2.45) is 0 Å². The third-order valence-electron chi connectivity index (χ3n) is 16.9. The number of hydrogen-bond donors (Lipinski definition) is 0. The van der Waals surface area contributed by atoms with E-state index in [1.165, 1.54) is 165 Å². The van der Waals surface area contributed by atoms with Crippen molar-refractivity contribution in [3.8, 4) is 100 Å². The topological polar surface area (TPSA) is 0 Å². The second-order valence-corrected chi connectivity index (χ2v) is 20.1. The van der Waals surface area contributed by atoms with Crippen molar-refractivity contribution < 1.29 is 0 Å². The summed E-state index contributed by atoms with van der Waals surface area (Å²) in [6.07, 6.45) is 0. The van der Waals surface area contributed by atoms with Gasteiger partial charge in [-0.25, -0.2) is 0 Å². The summed E-state index contributed by atoms with van der Waals surface area (Å²) in [7, 11) is 0. The molecule has 0 aliphatic heterocycles. The third kappa shape index (κ3) is 4.66. The Bertz CT molecular complexity index is 4410. The molecule has 4 aliphatic carbocycles. The standard InChI is InChI=1S/C71H40/c1-3-17-41(18-4-1)64-50-23-7-8-24-51(50)65(42-19-5-2-6-20-42)70-56-36-35-46(49-26-15-29-55(66(49)56)69(64)70)44-34-33-43-38-58-57(39-45(43)37-44)52-27-16-28-54-67(52)59(58)40-63-68(54)53-25-11-14-32-62(53)71(63)60-30-12-9-21-47(60)48-22-10-13-31-61(48)71/h1-40H. The maximum absolute atomic E-state index is 2.59. The van der Waals surface area contributed by atoms with Crippen LogP contribution in [0.15, 0.2) is 243 Å². The van der Waals surface area contributed by atoms with Crippen molar-refractivity contribution in [1.82, 2.24) is 0 Å². The van der Waals surface area contributed by atoms with Gasteiger partial charge >= 0.3 is 0 Å². The number of hydrogen-bond acceptors (Lipinski definition) is 0. The van der Waals surface area contributed by atoms with E-state index in [2.05, 4.69) is 243 Å². The normalized spacial score (nSPS) is 13.5. The van der Waals surface area contributed by atoms with Crippen molar-refractivity contribution in [1.29, 1.82) is 0 Å². The Kier molecular flexibility index (Phi) is 7.23. The molecule has 0 saturated heterocycles. The fourth-order valence-corrected chi connectivity index (χ4v) is 14.3. The van der Waals surface area contributed by atoms with Crippen LogP contribution in [-0.4, -0.2) is 0 Å². The minimum atomic E-state index is -0.394. The van der Waals surface area contributed by atoms with E-state index < -0.39 is 5.41 Å². The lowest BCUT2D eigenvalue weighted by molar-refractivity contribution is 0.795. The molecule has 0 fully saturated rings. The Balaban J connectivity index is 0.868. The smallest absolute Gasteiger partial charge is 0.0622 e. The van der Waals surface area contributed by atoms with Gasteiger partial charge in [0.25, 0.3) is 0 Å². The zero-order valence-corrected chi connectivity index (χ0v) is 38.6. The summed E-state index contributed by atoms with van der Waals surface area (Å²) in [5.74, 6) is 0. The van der Waals surface area contributed by atoms with Gasteiger partial charge in [0.2, 0.25) is 0 Å². The molecule has 0 heteroatoms. The predicted molar refractivity (Wildman–Crippen MR) is 298 cm³/mol. The van der Waals surface area contributed by atoms with Gasteiger partial charge in [-0.05, 0) is 190 Å². The molecule has 0 N–H and O–H groups in total. The van der Waals surface area contributed by atoms with Crippen LogP contribution in [0.5, 0.6) is 0 Å². The molecule has 0 unspecified atom stereocenters. The number of fused-ring (bicyclic) bond motifs is 19. The summed E-state index contributed by atoms with van der Waals surface area (Å²) in [6.45, 7) is 0. The first-order chi connectivity index (χ1) is 35.3. The summed E-state index contributed by atoms with van der Waals surface area (Å²) < 4.78 is 0. The molecule has 4 aliphatic rings. The quantitative estimate of drug-likeness (QED) is 0.166. The molecule has 0 aromatic heterocycles. The van der Waals surface area contributed by atoms with Gasteiger partial charge < -0.3 is 0 Å². The zero-order valence-electron chi connectivity index (χ0n) is 38.6. The van der Waals surface area contributed by atoms with Crippen LogP contribution in [0.1, 0.15) is 22.3 Å². The summed E-state index contributed by atoms with van der Waals surface area (Å²) in [4.78, 5) is 0. The maximum atomic E-state index is 2.59. The zero-order chi connectivity index (χ0) is 46.1. The highest BCUT2D eigenvalue weighted by Crippen LogP contribution is 2.66. The molecule has 71 heavy (non-hydrogen) atoms. The van der Waals surface area contributed by atoms with Crippen LogP contribution in [0.4, 0.5) is 0 Å². The molecule has 17 rings (SSSR count). The largest absolute Gasteiger partial charge is 0.0725 e. The van der Waals surface area contributed by atoms with E-state index in [0.717, 1.165) is 0 Å². The van der Waals surface area contributed by atoms with Gasteiger partial charge in [0, 0.05) is 0 Å². The monoisotopic (exact) mass is 892 g/mol. The van der Waals surface area contributed by atoms with Gasteiger partial charge in [0.15, 0.2) is 0 Å². The van der Waals surface area contributed by atoms with Crippen LogP contribution in [0.2, 0.25) is 0 Å². The average molecular weight is 893 g/mol. The molecule has 0 nitrogen and oxygen atoms in total. The summed E-state index contributed by atoms with van der Waals surface area (Å²) in [6, 6.07) is 92.1. The molecule has 1 spiro atoms. The highest BCUT2D eigenvalue weighted by molar-refractivity contribution is 6.29. The lowest BCUT2D eigenvalue weighted by atomic mass is 9.70. The Morgan fingerprint density at radius 1 is 0.197 bits per heavy atom. The van der Waals surface area contributed by atoms with E-state index in [9.17, 15) is 0 Å². The van der Waals surface area contributed by atoms with Gasteiger partial charge in [-0.1, -0.05) is 218 Å². The van der Waals surface area contributed by atoms with Crippen LogP contribution in [-0.2, 0) is 5.41 Å². The van der Waals surface area contributed by atoms with Crippen molar-refractivity contribution in [3.05, 3.63) is 265 Å². The van der Waals surface area contributed by atoms with Gasteiger partial charge in [-0.3, -0.25) is 0 Å². The highest BCUT2D eigenvalue weighted by atomic mass is 14.5. The predicted octanol–water partition coefficient (Wildman–Crippen LogP) is 18.9. The molecule has 13 aromatic rings. The van der Waals surface area contributed by atoms with E-state index in [0.29, 0.717) is 0 Å². The molecular weight excluding hydrogens is 853 g/mol. The van der Waals surface area contributed by atoms with Crippen LogP contribution in [0, 0.1) is 0 Å². The van der Waals surface area contributed by atoms with E-state index in [-0.39, 0.29) is 0 Å². The Labute approximate surface area is 411 Å². The molecule has 0 heterocycles. The van der Waals surface area contributed by atoms with Crippen LogP contribution in [0.25, 0.3) is 143 Å². The second-order valence-electron chi connectivity index (χ2n) is 20.1. The minimum Gasteiger partial charge on any atom is -0.0622 e. The van der Waals surface area contributed by atoms with Gasteiger partial charge in [-0.15, -0.1) is 0 Å². The summed E-state index contributed by atoms with van der Waals surface area (Å²) in [5, 5.41) is 10.4. The first kappa shape index (κ1) is 37.8. The van der Waals surface area contributed by atoms with Crippen molar-refractivity contribution in [2.45, 2.75) is 5.41 Å². The average Bonchev–Trinajstić information content (AvgIpc) is 4.15. The van der Waals surface area contributed by atoms with Gasteiger partial charge in [-0.2, -0.15) is 0 Å². The molecule has 13 aromatic carbocycles. The van der Waals surface area contributed by atoms with E-state index in [1.54, 1.807) is 0 Å². The van der Waals surface area contributed by atoms with Crippen molar-refractivity contribution in [3.63, 3.8) is 0 Å². The fourth-order valence-electron chi connectivity index (χ4n) is 14.3. The molecule has 0 atom stereocenters. The first-order valence-corrected chi connectivity index (χ1v) is 25.0. The van der Waals surface area contributed by atoms with E-state index >= 15 is 0 Å². The summed E-state index contributed by atoms with van der Waals surface area (Å²) >= 11 is 0. The Morgan fingerprint density at radius 3 is 1.35 bits per heavy atom. The lowest BCUT2D eigenvalue weighted by Gasteiger charge is -2.30. The van der Waals surface area contributed by atoms with Crippen molar-refractivity contribution >= 4 is 43.1 Å². The van der Waals surface area contributed by atoms with Gasteiger partial charge in [0.05, 0.1) is 5.41 Å². The van der Waals surface area contributed by atoms with Crippen LogP contribution in [0.3, 0.4) is 0 Å². The molecule has 0 bridgehead atoms. The van der Waals surface area contributed by atoms with E-state index in [1.807, 2.05) is 0 Å². The first-order valence-electron chi connectivity index (χ1n) is 25.0. The van der Waals surface area contributed by atoms with Gasteiger partial charge in [0.1, 0.15) is 0 Å². The minimum absolute atomic E-state index is 0.394. The van der Waals surface area contributed by atoms with E-state index in [4.69, 9.17) is 0 Å². The second kappa shape index (κ2) is 13.6. The number of benzene rings is 13. The lowest BCUT2D eigenvalue weighted by Crippen LogP contribution is -2.25. The van der Waals surface area contributed by atoms with Crippen LogP contribution >= 0.6 is 0 Å². The SMILES string of the molecule is c1ccc(-c2c3c(c(-c4ccccc4)c4ccccc24)-c2ccc(-c4ccc5cc6c(cc5c4)-c4cccc5c7c(cc-6c45)C4(c5ccccc5-c5ccccc54)c4ccccc4-7)c4cccc-3c24)cc1.